The van der Waals surface area contributed by atoms with Crippen LogP contribution in [0.1, 0.15) is 18.6 Å². The Balaban J connectivity index is 2.03. The molecule has 1 aromatic heterocycles. The molecule has 0 unspecified atom stereocenters. The molecule has 3 N–H and O–H groups in total. The average molecular weight is 247 g/mol. The maximum Gasteiger partial charge on any atom is 0.213 e. The number of aryl methyl sites for hydroxylation is 1. The molecular formula is C13H17N3O2. The first-order valence-electron chi connectivity index (χ1n) is 5.86. The average Bonchev–Trinajstić information content (AvgIpc) is 2.76. The van der Waals surface area contributed by atoms with Crippen LogP contribution in [0.5, 0.6) is 5.75 Å². The van der Waals surface area contributed by atoms with Crippen LogP contribution in [0.15, 0.2) is 28.8 Å². The third-order valence-electron chi connectivity index (χ3n) is 2.43. The van der Waals surface area contributed by atoms with Gasteiger partial charge in [0.2, 0.25) is 5.89 Å². The van der Waals surface area contributed by atoms with Crippen molar-refractivity contribution >= 4 is 11.4 Å². The van der Waals surface area contributed by atoms with Gasteiger partial charge in [-0.15, -0.1) is 0 Å². The number of nitrogens with one attached hydrogen (secondary N) is 1. The summed E-state index contributed by atoms with van der Waals surface area (Å²) in [6.07, 6.45) is 1.70. The van der Waals surface area contributed by atoms with Gasteiger partial charge in [0, 0.05) is 11.8 Å². The number of rotatable bonds is 5. The van der Waals surface area contributed by atoms with E-state index in [2.05, 4.69) is 10.3 Å². The lowest BCUT2D eigenvalue weighted by molar-refractivity contribution is 0.342. The van der Waals surface area contributed by atoms with Gasteiger partial charge in [0.15, 0.2) is 0 Å². The number of oxazole rings is 1. The highest BCUT2D eigenvalue weighted by Crippen LogP contribution is 2.25. The third kappa shape index (κ3) is 2.94. The van der Waals surface area contributed by atoms with Crippen LogP contribution >= 0.6 is 0 Å². The predicted octanol–water partition coefficient (Wildman–Crippen LogP) is 2.58. The Morgan fingerprint density at radius 3 is 2.94 bits per heavy atom. The summed E-state index contributed by atoms with van der Waals surface area (Å²) in [5.74, 6) is 2.15. The second-order valence-electron chi connectivity index (χ2n) is 3.90. The van der Waals surface area contributed by atoms with Gasteiger partial charge in [-0.05, 0) is 26.0 Å². The number of nitrogen functional groups attached to an aromatic ring is 1. The van der Waals surface area contributed by atoms with E-state index in [4.69, 9.17) is 14.9 Å². The van der Waals surface area contributed by atoms with Crippen molar-refractivity contribution in [1.29, 1.82) is 0 Å². The van der Waals surface area contributed by atoms with E-state index in [9.17, 15) is 0 Å². The zero-order chi connectivity index (χ0) is 13.0. The van der Waals surface area contributed by atoms with Crippen LogP contribution in [0.3, 0.4) is 0 Å². The first kappa shape index (κ1) is 12.3. The summed E-state index contributed by atoms with van der Waals surface area (Å²) < 4.78 is 10.8. The normalized spacial score (nSPS) is 10.3. The molecule has 0 atom stereocenters. The summed E-state index contributed by atoms with van der Waals surface area (Å²) in [5, 5.41) is 3.21. The van der Waals surface area contributed by atoms with Crippen molar-refractivity contribution in [2.75, 3.05) is 17.7 Å². The molecule has 0 aliphatic rings. The highest BCUT2D eigenvalue weighted by Gasteiger charge is 2.03. The van der Waals surface area contributed by atoms with E-state index >= 15 is 0 Å². The molecule has 0 bridgehead atoms. The van der Waals surface area contributed by atoms with E-state index in [-0.39, 0.29) is 0 Å². The molecule has 5 heteroatoms. The van der Waals surface area contributed by atoms with Crippen LogP contribution in [-0.2, 0) is 6.54 Å². The lowest BCUT2D eigenvalue weighted by Crippen LogP contribution is -2.02. The van der Waals surface area contributed by atoms with Crippen LogP contribution in [-0.4, -0.2) is 11.6 Å². The Labute approximate surface area is 106 Å². The number of nitrogens with two attached hydrogens (primary N) is 1. The molecule has 5 nitrogen and oxygen atoms in total. The number of ether oxygens (including phenoxy) is 1. The molecule has 0 saturated heterocycles. The lowest BCUT2D eigenvalue weighted by atomic mass is 10.2. The first-order chi connectivity index (χ1) is 8.69. The topological polar surface area (TPSA) is 73.3 Å². The maximum absolute atomic E-state index is 5.80. The monoisotopic (exact) mass is 247 g/mol. The molecule has 1 heterocycles. The first-order valence-corrected chi connectivity index (χ1v) is 5.86. The van der Waals surface area contributed by atoms with Gasteiger partial charge >= 0.3 is 0 Å². The molecule has 0 aliphatic heterocycles. The Bertz CT molecular complexity index is 523. The molecule has 0 aliphatic carbocycles. The number of hydrogen-bond donors (Lipinski definition) is 2. The van der Waals surface area contributed by atoms with Crippen LogP contribution in [0.25, 0.3) is 0 Å². The van der Waals surface area contributed by atoms with E-state index in [1.807, 2.05) is 32.0 Å². The standard InChI is InChI=1S/C13H17N3O2/c1-3-17-12-6-10(4-5-11(12)14)15-8-13-16-7-9(2)18-13/h4-7,15H,3,8,14H2,1-2H3. The third-order valence-corrected chi connectivity index (χ3v) is 2.43. The van der Waals surface area contributed by atoms with Crippen molar-refractivity contribution in [2.24, 2.45) is 0 Å². The number of anilines is 2. The van der Waals surface area contributed by atoms with Crippen LogP contribution in [0.4, 0.5) is 11.4 Å². The SMILES string of the molecule is CCOc1cc(NCc2ncc(C)o2)ccc1N. The van der Waals surface area contributed by atoms with Gasteiger partial charge in [-0.2, -0.15) is 0 Å². The van der Waals surface area contributed by atoms with Gasteiger partial charge in [0.25, 0.3) is 0 Å². The van der Waals surface area contributed by atoms with Crippen molar-refractivity contribution in [1.82, 2.24) is 4.98 Å². The molecule has 96 valence electrons. The number of benzene rings is 1. The van der Waals surface area contributed by atoms with E-state index in [0.717, 1.165) is 11.4 Å². The fraction of sp³-hybridized carbons (Fsp3) is 0.308. The maximum atomic E-state index is 5.80. The van der Waals surface area contributed by atoms with E-state index < -0.39 is 0 Å². The van der Waals surface area contributed by atoms with Crippen molar-refractivity contribution in [3.63, 3.8) is 0 Å². The zero-order valence-electron chi connectivity index (χ0n) is 10.6. The van der Waals surface area contributed by atoms with Gasteiger partial charge in [-0.25, -0.2) is 4.98 Å². The van der Waals surface area contributed by atoms with Gasteiger partial charge in [0.05, 0.1) is 25.0 Å². The smallest absolute Gasteiger partial charge is 0.213 e. The van der Waals surface area contributed by atoms with E-state index in [0.29, 0.717) is 30.5 Å². The second kappa shape index (κ2) is 5.44. The molecule has 0 spiro atoms. The minimum atomic E-state index is 0.531. The molecule has 0 amide bonds. The van der Waals surface area contributed by atoms with Crippen molar-refractivity contribution in [2.45, 2.75) is 20.4 Å². The zero-order valence-corrected chi connectivity index (χ0v) is 10.6. The van der Waals surface area contributed by atoms with Crippen LogP contribution in [0, 0.1) is 6.92 Å². The summed E-state index contributed by atoms with van der Waals surface area (Å²) in [4.78, 5) is 4.12. The Morgan fingerprint density at radius 1 is 1.44 bits per heavy atom. The summed E-state index contributed by atoms with van der Waals surface area (Å²) >= 11 is 0. The van der Waals surface area contributed by atoms with E-state index in [1.165, 1.54) is 0 Å². The molecule has 0 fully saturated rings. The largest absolute Gasteiger partial charge is 0.492 e. The predicted molar refractivity (Wildman–Crippen MR) is 70.6 cm³/mol. The van der Waals surface area contributed by atoms with Crippen LogP contribution in [0.2, 0.25) is 0 Å². The number of nitrogens with zero attached hydrogens (tertiary/aromatic N) is 1. The Morgan fingerprint density at radius 2 is 2.28 bits per heavy atom. The van der Waals surface area contributed by atoms with Crippen molar-refractivity contribution in [3.05, 3.63) is 36.0 Å². The molecule has 18 heavy (non-hydrogen) atoms. The van der Waals surface area contributed by atoms with Gasteiger partial charge < -0.3 is 20.2 Å². The summed E-state index contributed by atoms with van der Waals surface area (Å²) in [6.45, 7) is 4.91. The highest BCUT2D eigenvalue weighted by molar-refractivity contribution is 5.61. The van der Waals surface area contributed by atoms with Gasteiger partial charge in [-0.3, -0.25) is 0 Å². The number of hydrogen-bond acceptors (Lipinski definition) is 5. The Hall–Kier alpha value is -2.17. The molecule has 1 aromatic carbocycles. The minimum absolute atomic E-state index is 0.531. The highest BCUT2D eigenvalue weighted by atomic mass is 16.5. The summed E-state index contributed by atoms with van der Waals surface area (Å²) in [6, 6.07) is 5.58. The van der Waals surface area contributed by atoms with Gasteiger partial charge in [0.1, 0.15) is 11.5 Å². The van der Waals surface area contributed by atoms with Gasteiger partial charge in [-0.1, -0.05) is 0 Å². The molecular weight excluding hydrogens is 230 g/mol. The Kier molecular flexibility index (Phi) is 3.72. The molecule has 0 radical (unpaired) electrons. The summed E-state index contributed by atoms with van der Waals surface area (Å²) in [7, 11) is 0. The second-order valence-corrected chi connectivity index (χ2v) is 3.90. The minimum Gasteiger partial charge on any atom is -0.492 e. The molecule has 2 rings (SSSR count). The molecule has 2 aromatic rings. The fourth-order valence-electron chi connectivity index (χ4n) is 1.59. The van der Waals surface area contributed by atoms with E-state index in [1.54, 1.807) is 6.20 Å². The molecule has 0 saturated carbocycles. The lowest BCUT2D eigenvalue weighted by Gasteiger charge is -2.10. The number of aromatic nitrogens is 1. The van der Waals surface area contributed by atoms with Crippen molar-refractivity contribution < 1.29 is 9.15 Å². The fourth-order valence-corrected chi connectivity index (χ4v) is 1.59. The quantitative estimate of drug-likeness (QED) is 0.794. The van der Waals surface area contributed by atoms with Crippen molar-refractivity contribution in [3.8, 4) is 5.75 Å². The summed E-state index contributed by atoms with van der Waals surface area (Å²) in [5.41, 5.74) is 7.36. The van der Waals surface area contributed by atoms with Crippen LogP contribution < -0.4 is 15.8 Å².